The Kier molecular flexibility index (Phi) is 5.54. The summed E-state index contributed by atoms with van der Waals surface area (Å²) in [5, 5.41) is 24.3. The molecule has 2 atom stereocenters. The molecule has 0 aliphatic carbocycles. The summed E-state index contributed by atoms with van der Waals surface area (Å²) < 4.78 is 15.5. The molecule has 2 aromatic rings. The van der Waals surface area contributed by atoms with E-state index < -0.39 is 40.5 Å². The van der Waals surface area contributed by atoms with E-state index in [1.807, 2.05) is 6.92 Å². The van der Waals surface area contributed by atoms with Crippen molar-refractivity contribution in [1.82, 2.24) is 14.8 Å². The number of aliphatic hydroxyl groups is 1. The molecule has 170 valence electrons. The van der Waals surface area contributed by atoms with E-state index in [-0.39, 0.29) is 29.9 Å². The van der Waals surface area contributed by atoms with Crippen LogP contribution in [0.15, 0.2) is 29.2 Å². The van der Waals surface area contributed by atoms with Gasteiger partial charge in [0.15, 0.2) is 11.4 Å². The standard InChI is InChI=1S/C23H26FN3O5/c1-3-23(32)7-4-8-26-12-17(23)27-11-15(19(28)20(29)18(27)22(26)31)21(30)25-10-14-6-5-13(2)9-16(14)24/h5-6,9,11,17,29,32H,3-4,7-8,10,12H2,1-2H3,(H,25,30). The number of aryl methyl sites for hydroxylation is 1. The van der Waals surface area contributed by atoms with Crippen molar-refractivity contribution in [2.24, 2.45) is 0 Å². The topological polar surface area (TPSA) is 112 Å². The molecule has 8 nitrogen and oxygen atoms in total. The summed E-state index contributed by atoms with van der Waals surface area (Å²) >= 11 is 0. The number of nitrogens with one attached hydrogen (secondary N) is 1. The smallest absolute Gasteiger partial charge is 0.274 e. The maximum atomic E-state index is 14.1. The van der Waals surface area contributed by atoms with Gasteiger partial charge in [-0.1, -0.05) is 19.1 Å². The monoisotopic (exact) mass is 443 g/mol. The van der Waals surface area contributed by atoms with E-state index >= 15 is 0 Å². The largest absolute Gasteiger partial charge is 0.503 e. The van der Waals surface area contributed by atoms with E-state index in [1.54, 1.807) is 19.1 Å². The first-order valence-corrected chi connectivity index (χ1v) is 10.7. The number of aromatic nitrogens is 1. The lowest BCUT2D eigenvalue weighted by Gasteiger charge is -2.41. The minimum atomic E-state index is -1.16. The number of amides is 2. The van der Waals surface area contributed by atoms with Gasteiger partial charge in [-0.25, -0.2) is 4.39 Å². The Bertz CT molecular complexity index is 1160. The van der Waals surface area contributed by atoms with Crippen LogP contribution in [0.25, 0.3) is 0 Å². The highest BCUT2D eigenvalue weighted by Crippen LogP contribution is 2.39. The van der Waals surface area contributed by atoms with Crippen LogP contribution < -0.4 is 10.7 Å². The number of fused-ring (bicyclic) bond motifs is 4. The van der Waals surface area contributed by atoms with Crippen LogP contribution in [0.5, 0.6) is 5.75 Å². The van der Waals surface area contributed by atoms with Crippen molar-refractivity contribution in [2.45, 2.75) is 51.3 Å². The van der Waals surface area contributed by atoms with Gasteiger partial charge >= 0.3 is 0 Å². The lowest BCUT2D eigenvalue weighted by molar-refractivity contribution is -0.0270. The van der Waals surface area contributed by atoms with Crippen LogP contribution in [0, 0.1) is 12.7 Å². The molecule has 2 amide bonds. The summed E-state index contributed by atoms with van der Waals surface area (Å²) in [5.41, 5.74) is -1.75. The van der Waals surface area contributed by atoms with Gasteiger partial charge in [-0.15, -0.1) is 0 Å². The van der Waals surface area contributed by atoms with Crippen molar-refractivity contribution in [1.29, 1.82) is 0 Å². The number of aromatic hydroxyl groups is 1. The Hall–Kier alpha value is -3.20. The Morgan fingerprint density at radius 3 is 2.78 bits per heavy atom. The van der Waals surface area contributed by atoms with Crippen LogP contribution in [-0.2, 0) is 6.54 Å². The van der Waals surface area contributed by atoms with Crippen molar-refractivity contribution in [3.05, 3.63) is 62.8 Å². The summed E-state index contributed by atoms with van der Waals surface area (Å²) in [6.07, 6.45) is 2.66. The van der Waals surface area contributed by atoms with Crippen LogP contribution in [0.4, 0.5) is 4.39 Å². The second-order valence-corrected chi connectivity index (χ2v) is 8.58. The van der Waals surface area contributed by atoms with Crippen LogP contribution >= 0.6 is 0 Å². The first-order valence-electron chi connectivity index (χ1n) is 10.7. The molecule has 4 rings (SSSR count). The van der Waals surface area contributed by atoms with Crippen LogP contribution in [-0.4, -0.2) is 50.2 Å². The molecular weight excluding hydrogens is 417 g/mol. The summed E-state index contributed by atoms with van der Waals surface area (Å²) in [6, 6.07) is 3.98. The molecule has 3 N–H and O–H groups in total. The number of halogens is 1. The first-order chi connectivity index (χ1) is 15.2. The first kappa shape index (κ1) is 22.0. The fraction of sp³-hybridized carbons (Fsp3) is 0.435. The number of carbonyl (C=O) groups is 2. The molecule has 0 spiro atoms. The van der Waals surface area contributed by atoms with Gasteiger partial charge in [-0.05, 0) is 37.8 Å². The van der Waals surface area contributed by atoms with Gasteiger partial charge < -0.3 is 25.0 Å². The molecular formula is C23H26FN3O5. The average molecular weight is 443 g/mol. The molecule has 2 aliphatic rings. The van der Waals surface area contributed by atoms with Crippen molar-refractivity contribution >= 4 is 11.8 Å². The second kappa shape index (κ2) is 8.05. The molecule has 3 heterocycles. The van der Waals surface area contributed by atoms with E-state index in [0.717, 1.165) is 5.56 Å². The Labute approximate surface area is 184 Å². The van der Waals surface area contributed by atoms with E-state index in [4.69, 9.17) is 0 Å². The van der Waals surface area contributed by atoms with Gasteiger partial charge in [-0.2, -0.15) is 0 Å². The van der Waals surface area contributed by atoms with Crippen molar-refractivity contribution in [3.8, 4) is 5.75 Å². The SMILES string of the molecule is CCC1(O)CCCN2CC1n1cc(C(=O)NCc3ccc(C)cc3F)c(=O)c(O)c1C2=O. The number of nitrogens with zero attached hydrogens (tertiary/aromatic N) is 2. The minimum Gasteiger partial charge on any atom is -0.503 e. The van der Waals surface area contributed by atoms with Gasteiger partial charge in [0.1, 0.15) is 11.4 Å². The molecule has 1 aromatic heterocycles. The van der Waals surface area contributed by atoms with Gasteiger partial charge in [-0.3, -0.25) is 14.4 Å². The summed E-state index contributed by atoms with van der Waals surface area (Å²) in [7, 11) is 0. The van der Waals surface area contributed by atoms with E-state index in [9.17, 15) is 29.0 Å². The van der Waals surface area contributed by atoms with Crippen LogP contribution in [0.1, 0.15) is 64.2 Å². The van der Waals surface area contributed by atoms with E-state index in [1.165, 1.54) is 21.7 Å². The second-order valence-electron chi connectivity index (χ2n) is 8.58. The third-order valence-electron chi connectivity index (χ3n) is 6.59. The number of hydrogen-bond donors (Lipinski definition) is 3. The fourth-order valence-corrected chi connectivity index (χ4v) is 4.61. The number of benzene rings is 1. The van der Waals surface area contributed by atoms with Gasteiger partial charge in [0, 0.05) is 31.4 Å². The predicted octanol–water partition coefficient (Wildman–Crippen LogP) is 1.86. The maximum Gasteiger partial charge on any atom is 0.274 e. The molecule has 2 aliphatic heterocycles. The van der Waals surface area contributed by atoms with Crippen LogP contribution in [0.2, 0.25) is 0 Å². The predicted molar refractivity (Wildman–Crippen MR) is 114 cm³/mol. The molecule has 1 saturated heterocycles. The minimum absolute atomic E-state index is 0.151. The number of carbonyl (C=O) groups excluding carboxylic acids is 2. The summed E-state index contributed by atoms with van der Waals surface area (Å²) in [6.45, 7) is 4.05. The third kappa shape index (κ3) is 3.56. The zero-order valence-electron chi connectivity index (χ0n) is 18.0. The van der Waals surface area contributed by atoms with Crippen molar-refractivity contribution < 1.29 is 24.2 Å². The highest BCUT2D eigenvalue weighted by atomic mass is 19.1. The average Bonchev–Trinajstić information content (AvgIpc) is 2.91. The number of pyridine rings is 1. The van der Waals surface area contributed by atoms with Crippen molar-refractivity contribution in [2.75, 3.05) is 13.1 Å². The molecule has 32 heavy (non-hydrogen) atoms. The number of rotatable bonds is 4. The zero-order chi connectivity index (χ0) is 23.2. The summed E-state index contributed by atoms with van der Waals surface area (Å²) in [5.74, 6) is -2.61. The normalized spacial score (nSPS) is 22.3. The lowest BCUT2D eigenvalue weighted by atomic mass is 9.86. The molecule has 9 heteroatoms. The molecule has 1 aromatic carbocycles. The molecule has 2 bridgehead atoms. The quantitative estimate of drug-likeness (QED) is 0.668. The highest BCUT2D eigenvalue weighted by molar-refractivity contribution is 5.99. The Morgan fingerprint density at radius 1 is 1.34 bits per heavy atom. The van der Waals surface area contributed by atoms with Gasteiger partial charge in [0.05, 0.1) is 11.6 Å². The van der Waals surface area contributed by atoms with E-state index in [2.05, 4.69) is 5.32 Å². The molecule has 0 saturated carbocycles. The Balaban J connectivity index is 1.73. The zero-order valence-corrected chi connectivity index (χ0v) is 18.0. The van der Waals surface area contributed by atoms with E-state index in [0.29, 0.717) is 25.8 Å². The van der Waals surface area contributed by atoms with Crippen LogP contribution in [0.3, 0.4) is 0 Å². The maximum absolute atomic E-state index is 14.1. The molecule has 2 unspecified atom stereocenters. The van der Waals surface area contributed by atoms with Gasteiger partial charge in [0.2, 0.25) is 5.43 Å². The lowest BCUT2D eigenvalue weighted by Crippen LogP contribution is -2.50. The highest BCUT2D eigenvalue weighted by Gasteiger charge is 2.46. The number of hydrogen-bond acceptors (Lipinski definition) is 5. The van der Waals surface area contributed by atoms with Crippen molar-refractivity contribution in [3.63, 3.8) is 0 Å². The summed E-state index contributed by atoms with van der Waals surface area (Å²) in [4.78, 5) is 40.0. The van der Waals surface area contributed by atoms with Gasteiger partial charge in [0.25, 0.3) is 11.8 Å². The molecule has 1 fully saturated rings. The third-order valence-corrected chi connectivity index (χ3v) is 6.59. The fourth-order valence-electron chi connectivity index (χ4n) is 4.61. The molecule has 0 radical (unpaired) electrons. The Morgan fingerprint density at radius 2 is 2.09 bits per heavy atom.